The second-order valence-electron chi connectivity index (χ2n) is 2.08. The molecule has 0 bridgehead atoms. The largest absolute Gasteiger partial charge is 0.296 e. The van der Waals surface area contributed by atoms with E-state index in [0.717, 1.165) is 10.4 Å². The van der Waals surface area contributed by atoms with Crippen LogP contribution in [0.15, 0.2) is 4.99 Å². The van der Waals surface area contributed by atoms with Gasteiger partial charge in [0.25, 0.3) is 0 Å². The Hall–Kier alpha value is 1.62. The van der Waals surface area contributed by atoms with Gasteiger partial charge in [0, 0.05) is 33.6 Å². The van der Waals surface area contributed by atoms with Gasteiger partial charge >= 0.3 is 0 Å². The predicted octanol–water partition coefficient (Wildman–Crippen LogP) is 2.14. The molecule has 0 aliphatic carbocycles. The summed E-state index contributed by atoms with van der Waals surface area (Å²) in [5.74, 6) is 0. The molecule has 0 saturated carbocycles. The predicted molar refractivity (Wildman–Crippen MR) is 72.6 cm³/mol. The van der Waals surface area contributed by atoms with Gasteiger partial charge in [0.15, 0.2) is 8.01 Å². The highest BCUT2D eigenvalue weighted by molar-refractivity contribution is 14.1. The lowest BCUT2D eigenvalue weighted by molar-refractivity contribution is 0.258. The number of halogens is 3. The number of hydrazine groups is 1. The summed E-state index contributed by atoms with van der Waals surface area (Å²) in [5, 5.41) is 2.15. The maximum Gasteiger partial charge on any atom is 0.177 e. The molecular weight excluding hydrogens is 483 g/mol. The molecule has 0 radical (unpaired) electrons. The highest BCUT2D eigenvalue weighted by atomic mass is 127. The summed E-state index contributed by atoms with van der Waals surface area (Å²) >= 11 is 6.91. The van der Waals surface area contributed by atoms with Crippen LogP contribution in [-0.4, -0.2) is 24.0 Å². The number of hydrogen-bond acceptors (Lipinski definition) is 3. The van der Waals surface area contributed by atoms with Crippen LogP contribution in [-0.2, 0) is 0 Å². The third-order valence-electron chi connectivity index (χ3n) is 1.25. The Balaban J connectivity index is 2.28. The summed E-state index contributed by atoms with van der Waals surface area (Å²) in [6.07, 6.45) is 1.21. The molecule has 1 atom stereocenters. The molecule has 1 N–H and O–H groups in total. The fraction of sp³-hybridized carbons (Fsp3) is 0.800. The molecule has 64 valence electrons. The quantitative estimate of drug-likeness (QED) is 0.373. The van der Waals surface area contributed by atoms with Crippen molar-refractivity contribution < 1.29 is 0 Å². The zero-order chi connectivity index (χ0) is 8.27. The van der Waals surface area contributed by atoms with Crippen molar-refractivity contribution in [3.05, 3.63) is 0 Å². The van der Waals surface area contributed by atoms with Gasteiger partial charge in [-0.25, -0.2) is 4.99 Å². The maximum absolute atomic E-state index is 4.33. The lowest BCUT2D eigenvalue weighted by atomic mass is 10.5. The molecule has 6 heteroatoms. The van der Waals surface area contributed by atoms with E-state index in [0.29, 0.717) is 0 Å². The zero-order valence-corrected chi connectivity index (χ0v) is 12.2. The number of hydrogen-bond donors (Lipinski definition) is 1. The Kier molecular flexibility index (Phi) is 5.22. The molecule has 0 spiro atoms. The average Bonchev–Trinajstić information content (AvgIpc) is 2.26. The summed E-state index contributed by atoms with van der Waals surface area (Å²) in [6.45, 7) is 1.08. The molecule has 1 heterocycles. The number of rotatable bonds is 3. The van der Waals surface area contributed by atoms with Gasteiger partial charge < -0.3 is 0 Å². The first-order valence-corrected chi connectivity index (χ1v) is 7.05. The molecule has 11 heavy (non-hydrogen) atoms. The summed E-state index contributed by atoms with van der Waals surface area (Å²) in [4.78, 5) is 4.33. The van der Waals surface area contributed by atoms with Crippen LogP contribution in [0.1, 0.15) is 6.42 Å². The summed E-state index contributed by atoms with van der Waals surface area (Å²) in [7, 11) is 0. The molecule has 1 rings (SSSR count). The number of alkyl halides is 2. The molecule has 3 nitrogen and oxygen atoms in total. The Labute approximate surface area is 107 Å². The summed E-state index contributed by atoms with van der Waals surface area (Å²) in [5.41, 5.74) is 3.20. The van der Waals surface area contributed by atoms with Crippen LogP contribution in [0.2, 0.25) is 0 Å². The third-order valence-corrected chi connectivity index (χ3v) is 3.48. The van der Waals surface area contributed by atoms with E-state index < -0.39 is 0 Å². The molecular formula is C5H8I3N3. The average molecular weight is 491 g/mol. The van der Waals surface area contributed by atoms with E-state index in [1.807, 2.05) is 0 Å². The first-order chi connectivity index (χ1) is 5.24. The van der Waals surface area contributed by atoms with E-state index in [-0.39, 0.29) is 4.17 Å². The molecule has 1 aliphatic rings. The van der Waals surface area contributed by atoms with Crippen LogP contribution in [0, 0.1) is 0 Å². The second kappa shape index (κ2) is 5.37. The van der Waals surface area contributed by atoms with Gasteiger partial charge in [-0.3, -0.25) is 5.43 Å². The van der Waals surface area contributed by atoms with E-state index in [2.05, 4.69) is 83.2 Å². The van der Waals surface area contributed by atoms with E-state index in [1.54, 1.807) is 0 Å². The van der Waals surface area contributed by atoms with Gasteiger partial charge in [-0.2, -0.15) is 5.01 Å². The molecule has 0 aromatic rings. The number of nitrogens with one attached hydrogen (secondary N) is 1. The van der Waals surface area contributed by atoms with Crippen molar-refractivity contribution >= 4 is 71.6 Å². The Morgan fingerprint density at radius 3 is 2.82 bits per heavy atom. The summed E-state index contributed by atoms with van der Waals surface area (Å²) < 4.78 is 2.48. The topological polar surface area (TPSA) is 27.6 Å². The van der Waals surface area contributed by atoms with E-state index >= 15 is 0 Å². The van der Waals surface area contributed by atoms with Crippen LogP contribution in [0.5, 0.6) is 0 Å². The fourth-order valence-corrected chi connectivity index (χ4v) is 2.90. The highest BCUT2D eigenvalue weighted by Gasteiger charge is 2.20. The van der Waals surface area contributed by atoms with Crippen molar-refractivity contribution in [2.45, 2.75) is 10.6 Å². The van der Waals surface area contributed by atoms with Gasteiger partial charge in [-0.05, 0) is 29.0 Å². The normalized spacial score (nSPS) is 25.0. The monoisotopic (exact) mass is 491 g/mol. The van der Waals surface area contributed by atoms with E-state index in [9.17, 15) is 0 Å². The fourth-order valence-electron chi connectivity index (χ4n) is 0.756. The van der Waals surface area contributed by atoms with Crippen molar-refractivity contribution in [1.29, 1.82) is 0 Å². The van der Waals surface area contributed by atoms with E-state index in [1.165, 1.54) is 10.8 Å². The smallest absolute Gasteiger partial charge is 0.177 e. The molecule has 0 aromatic carbocycles. The molecule has 0 aromatic heterocycles. The Morgan fingerprint density at radius 1 is 1.64 bits per heavy atom. The zero-order valence-electron chi connectivity index (χ0n) is 5.73. The van der Waals surface area contributed by atoms with Crippen LogP contribution >= 0.6 is 67.8 Å². The van der Waals surface area contributed by atoms with Gasteiger partial charge in [0.05, 0.1) is 0 Å². The lowest BCUT2D eigenvalue weighted by Crippen LogP contribution is -2.38. The van der Waals surface area contributed by atoms with Gasteiger partial charge in [0.2, 0.25) is 0 Å². The van der Waals surface area contributed by atoms with Crippen molar-refractivity contribution in [3.63, 3.8) is 0 Å². The molecule has 0 fully saturated rings. The second-order valence-corrected chi connectivity index (χ2v) is 5.29. The minimum Gasteiger partial charge on any atom is -0.296 e. The van der Waals surface area contributed by atoms with Gasteiger partial charge in [-0.1, -0.05) is 22.6 Å². The Bertz CT molecular complexity index is 161. The number of amidine groups is 1. The minimum absolute atomic E-state index is 0.280. The number of aliphatic imine (C=N–C) groups is 1. The Morgan fingerprint density at radius 2 is 2.36 bits per heavy atom. The standard InChI is InChI=1S/C5H8I3N3/c6-2-1-3-11-5(8)9-4(7)10-11/h5H,1-3H2,(H,9,10). The van der Waals surface area contributed by atoms with Crippen LogP contribution < -0.4 is 5.43 Å². The van der Waals surface area contributed by atoms with Crippen molar-refractivity contribution in [3.8, 4) is 0 Å². The molecule has 0 amide bonds. The molecule has 1 unspecified atom stereocenters. The van der Waals surface area contributed by atoms with Crippen LogP contribution in [0.3, 0.4) is 0 Å². The number of nitrogens with zero attached hydrogens (tertiary/aromatic N) is 2. The van der Waals surface area contributed by atoms with Crippen LogP contribution in [0.25, 0.3) is 0 Å². The lowest BCUT2D eigenvalue weighted by Gasteiger charge is -2.17. The van der Waals surface area contributed by atoms with Crippen molar-refractivity contribution in [2.24, 2.45) is 4.99 Å². The highest BCUT2D eigenvalue weighted by Crippen LogP contribution is 2.15. The first kappa shape index (κ1) is 10.7. The molecule has 0 saturated heterocycles. The summed E-state index contributed by atoms with van der Waals surface area (Å²) in [6, 6.07) is 0. The van der Waals surface area contributed by atoms with Gasteiger partial charge in [-0.15, -0.1) is 0 Å². The maximum atomic E-state index is 4.33. The molecule has 1 aliphatic heterocycles. The van der Waals surface area contributed by atoms with Crippen molar-refractivity contribution in [2.75, 3.05) is 11.0 Å². The van der Waals surface area contributed by atoms with E-state index in [4.69, 9.17) is 0 Å². The van der Waals surface area contributed by atoms with Gasteiger partial charge in [0.1, 0.15) is 0 Å². The first-order valence-electron chi connectivity index (χ1n) is 3.20. The van der Waals surface area contributed by atoms with Crippen LogP contribution in [0.4, 0.5) is 0 Å². The third kappa shape index (κ3) is 3.46. The van der Waals surface area contributed by atoms with Crippen molar-refractivity contribution in [1.82, 2.24) is 10.4 Å². The minimum atomic E-state index is 0.280. The SMILES string of the molecule is ICCCN1NC(I)=NC1I.